The van der Waals surface area contributed by atoms with Crippen LogP contribution in [0.2, 0.25) is 0 Å². The Morgan fingerprint density at radius 2 is 2.25 bits per heavy atom. The monoisotopic (exact) mass is 218 g/mol. The van der Waals surface area contributed by atoms with E-state index in [1.165, 1.54) is 12.8 Å². The molecule has 0 atom stereocenters. The van der Waals surface area contributed by atoms with Crippen LogP contribution < -0.4 is 0 Å². The van der Waals surface area contributed by atoms with E-state index in [1.807, 2.05) is 30.3 Å². The van der Waals surface area contributed by atoms with Crippen LogP contribution >= 0.6 is 0 Å². The van der Waals surface area contributed by atoms with E-state index in [4.69, 9.17) is 0 Å². The van der Waals surface area contributed by atoms with Crippen molar-refractivity contribution >= 4 is 5.91 Å². The van der Waals surface area contributed by atoms with E-state index in [2.05, 4.69) is 4.98 Å². The van der Waals surface area contributed by atoms with Gasteiger partial charge in [0.1, 0.15) is 0 Å². The topological polar surface area (TPSA) is 33.2 Å². The molecule has 0 N–H and O–H groups in total. The van der Waals surface area contributed by atoms with Crippen LogP contribution in [0.5, 0.6) is 0 Å². The highest BCUT2D eigenvalue weighted by atomic mass is 16.2. The SMILES string of the molecule is CN(Cc1cccnc1)C(=O)C1CCCC1. The van der Waals surface area contributed by atoms with Crippen LogP contribution in [0.4, 0.5) is 0 Å². The van der Waals surface area contributed by atoms with Gasteiger partial charge >= 0.3 is 0 Å². The van der Waals surface area contributed by atoms with Gasteiger partial charge in [0.05, 0.1) is 0 Å². The van der Waals surface area contributed by atoms with Gasteiger partial charge < -0.3 is 4.90 Å². The molecular weight excluding hydrogens is 200 g/mol. The van der Waals surface area contributed by atoms with Crippen molar-refractivity contribution in [3.05, 3.63) is 30.1 Å². The summed E-state index contributed by atoms with van der Waals surface area (Å²) in [6.45, 7) is 0.670. The molecule has 0 unspecified atom stereocenters. The van der Waals surface area contributed by atoms with Crippen molar-refractivity contribution in [2.45, 2.75) is 32.2 Å². The molecule has 0 bridgehead atoms. The quantitative estimate of drug-likeness (QED) is 0.779. The fraction of sp³-hybridized carbons (Fsp3) is 0.538. The molecule has 1 fully saturated rings. The Hall–Kier alpha value is -1.38. The Balaban J connectivity index is 1.92. The van der Waals surface area contributed by atoms with E-state index in [-0.39, 0.29) is 5.92 Å². The predicted octanol–water partition coefficient (Wildman–Crippen LogP) is 2.23. The van der Waals surface area contributed by atoms with Crippen molar-refractivity contribution in [2.75, 3.05) is 7.05 Å². The molecule has 3 nitrogen and oxygen atoms in total. The second-order valence-corrected chi connectivity index (χ2v) is 4.54. The van der Waals surface area contributed by atoms with Crippen molar-refractivity contribution < 1.29 is 4.79 Å². The van der Waals surface area contributed by atoms with Crippen molar-refractivity contribution in [3.63, 3.8) is 0 Å². The molecule has 1 amide bonds. The molecule has 1 aromatic heterocycles. The van der Waals surface area contributed by atoms with Crippen molar-refractivity contribution in [2.24, 2.45) is 5.92 Å². The molecule has 0 aromatic carbocycles. The zero-order valence-corrected chi connectivity index (χ0v) is 9.72. The number of rotatable bonds is 3. The van der Waals surface area contributed by atoms with Gasteiger partial charge in [-0.1, -0.05) is 18.9 Å². The van der Waals surface area contributed by atoms with Gasteiger partial charge in [0.2, 0.25) is 5.91 Å². The van der Waals surface area contributed by atoms with E-state index in [0.29, 0.717) is 12.5 Å². The first-order valence-corrected chi connectivity index (χ1v) is 5.91. The van der Waals surface area contributed by atoms with Crippen molar-refractivity contribution in [3.8, 4) is 0 Å². The summed E-state index contributed by atoms with van der Waals surface area (Å²) in [5, 5.41) is 0. The molecule has 1 saturated carbocycles. The first kappa shape index (κ1) is 11.1. The minimum Gasteiger partial charge on any atom is -0.341 e. The third-order valence-electron chi connectivity index (χ3n) is 3.22. The molecule has 0 radical (unpaired) electrons. The van der Waals surface area contributed by atoms with Crippen LogP contribution in [0, 0.1) is 5.92 Å². The molecule has 0 aliphatic heterocycles. The lowest BCUT2D eigenvalue weighted by Gasteiger charge is -2.20. The first-order valence-electron chi connectivity index (χ1n) is 5.91. The summed E-state index contributed by atoms with van der Waals surface area (Å²) in [7, 11) is 1.88. The maximum Gasteiger partial charge on any atom is 0.225 e. The minimum absolute atomic E-state index is 0.265. The Kier molecular flexibility index (Phi) is 3.54. The standard InChI is InChI=1S/C13H18N2O/c1-15(10-11-5-4-8-14-9-11)13(16)12-6-2-3-7-12/h4-5,8-9,12H,2-3,6-7,10H2,1H3. The van der Waals surface area contributed by atoms with Crippen LogP contribution in [-0.4, -0.2) is 22.8 Å². The molecule has 1 aromatic rings. The number of nitrogens with zero attached hydrogens (tertiary/aromatic N) is 2. The zero-order valence-electron chi connectivity index (χ0n) is 9.72. The van der Waals surface area contributed by atoms with Gasteiger partial charge in [0, 0.05) is 31.9 Å². The van der Waals surface area contributed by atoms with Gasteiger partial charge in [-0.25, -0.2) is 0 Å². The van der Waals surface area contributed by atoms with Gasteiger partial charge in [-0.15, -0.1) is 0 Å². The summed E-state index contributed by atoms with van der Waals surface area (Å²) in [5.41, 5.74) is 1.09. The predicted molar refractivity (Wildman–Crippen MR) is 62.7 cm³/mol. The maximum absolute atomic E-state index is 12.1. The van der Waals surface area contributed by atoms with E-state index in [1.54, 1.807) is 6.20 Å². The number of amides is 1. The number of aromatic nitrogens is 1. The molecular formula is C13H18N2O. The van der Waals surface area contributed by atoms with E-state index in [9.17, 15) is 4.79 Å². The third kappa shape index (κ3) is 2.60. The second-order valence-electron chi connectivity index (χ2n) is 4.54. The number of carbonyl (C=O) groups excluding carboxylic acids is 1. The fourth-order valence-corrected chi connectivity index (χ4v) is 2.33. The molecule has 0 spiro atoms. The third-order valence-corrected chi connectivity index (χ3v) is 3.22. The maximum atomic E-state index is 12.1. The zero-order chi connectivity index (χ0) is 11.4. The molecule has 2 rings (SSSR count). The Bertz CT molecular complexity index is 344. The summed E-state index contributed by atoms with van der Waals surface area (Å²) in [6.07, 6.45) is 8.11. The Morgan fingerprint density at radius 1 is 1.50 bits per heavy atom. The number of hydrogen-bond donors (Lipinski definition) is 0. The summed E-state index contributed by atoms with van der Waals surface area (Å²) in [4.78, 5) is 17.9. The van der Waals surface area contributed by atoms with E-state index in [0.717, 1.165) is 18.4 Å². The molecule has 16 heavy (non-hydrogen) atoms. The summed E-state index contributed by atoms with van der Waals surface area (Å²) < 4.78 is 0. The summed E-state index contributed by atoms with van der Waals surface area (Å²) in [5.74, 6) is 0.558. The van der Waals surface area contributed by atoms with Crippen LogP contribution in [-0.2, 0) is 11.3 Å². The van der Waals surface area contributed by atoms with Crippen molar-refractivity contribution in [1.29, 1.82) is 0 Å². The molecule has 1 aliphatic rings. The molecule has 1 aliphatic carbocycles. The number of hydrogen-bond acceptors (Lipinski definition) is 2. The molecule has 86 valence electrons. The normalized spacial score (nSPS) is 16.3. The average Bonchev–Trinajstić information content (AvgIpc) is 2.83. The van der Waals surface area contributed by atoms with Gasteiger partial charge in [0.15, 0.2) is 0 Å². The van der Waals surface area contributed by atoms with Crippen molar-refractivity contribution in [1.82, 2.24) is 9.88 Å². The largest absolute Gasteiger partial charge is 0.341 e. The molecule has 3 heteroatoms. The molecule has 1 heterocycles. The van der Waals surface area contributed by atoms with Gasteiger partial charge in [-0.2, -0.15) is 0 Å². The van der Waals surface area contributed by atoms with E-state index < -0.39 is 0 Å². The fourth-order valence-electron chi connectivity index (χ4n) is 2.33. The highest BCUT2D eigenvalue weighted by molar-refractivity contribution is 5.78. The lowest BCUT2D eigenvalue weighted by Crippen LogP contribution is -2.31. The average molecular weight is 218 g/mol. The lowest BCUT2D eigenvalue weighted by molar-refractivity contribution is -0.134. The highest BCUT2D eigenvalue weighted by Crippen LogP contribution is 2.26. The number of pyridine rings is 1. The van der Waals surface area contributed by atoms with E-state index >= 15 is 0 Å². The van der Waals surface area contributed by atoms with Gasteiger partial charge in [0.25, 0.3) is 0 Å². The smallest absolute Gasteiger partial charge is 0.225 e. The number of carbonyl (C=O) groups is 1. The van der Waals surface area contributed by atoms with Crippen LogP contribution in [0.25, 0.3) is 0 Å². The highest BCUT2D eigenvalue weighted by Gasteiger charge is 2.25. The summed E-state index contributed by atoms with van der Waals surface area (Å²) in [6, 6.07) is 3.91. The van der Waals surface area contributed by atoms with Gasteiger partial charge in [-0.05, 0) is 24.5 Å². The second kappa shape index (κ2) is 5.10. The Labute approximate surface area is 96.5 Å². The first-order chi connectivity index (χ1) is 7.77. The molecule has 0 saturated heterocycles. The Morgan fingerprint density at radius 3 is 2.88 bits per heavy atom. The minimum atomic E-state index is 0.265. The lowest BCUT2D eigenvalue weighted by atomic mass is 10.1. The van der Waals surface area contributed by atoms with Crippen LogP contribution in [0.3, 0.4) is 0 Å². The van der Waals surface area contributed by atoms with Crippen LogP contribution in [0.1, 0.15) is 31.2 Å². The van der Waals surface area contributed by atoms with Gasteiger partial charge in [-0.3, -0.25) is 9.78 Å². The van der Waals surface area contributed by atoms with Crippen LogP contribution in [0.15, 0.2) is 24.5 Å². The summed E-state index contributed by atoms with van der Waals surface area (Å²) >= 11 is 0.